The van der Waals surface area contributed by atoms with E-state index in [2.05, 4.69) is 24.4 Å². The Labute approximate surface area is 182 Å². The summed E-state index contributed by atoms with van der Waals surface area (Å²) in [5.74, 6) is -2.34. The van der Waals surface area contributed by atoms with Crippen LogP contribution in [0.25, 0.3) is 0 Å². The molecule has 0 spiro atoms. The molecule has 0 rings (SSSR count). The Morgan fingerprint density at radius 2 is 1.27 bits per heavy atom. The molecule has 0 aliphatic carbocycles. The highest BCUT2D eigenvalue weighted by Gasteiger charge is 2.19. The molecule has 30 heavy (non-hydrogen) atoms. The third kappa shape index (κ3) is 19.5. The van der Waals surface area contributed by atoms with Crippen LogP contribution in [0.5, 0.6) is 0 Å². The lowest BCUT2D eigenvalue weighted by molar-refractivity contribution is -0.142. The number of aliphatic carboxylic acids is 2. The summed E-state index contributed by atoms with van der Waals surface area (Å²) in [4.78, 5) is 33.5. The maximum atomic E-state index is 11.9. The summed E-state index contributed by atoms with van der Waals surface area (Å²) >= 11 is 0. The third-order valence-corrected chi connectivity index (χ3v) is 5.18. The number of rotatable bonds is 21. The number of carboxylic acids is 2. The summed E-state index contributed by atoms with van der Waals surface area (Å²) in [6.07, 6.45) is 20.7. The molecule has 0 aliphatic heterocycles. The van der Waals surface area contributed by atoms with Gasteiger partial charge in [0.15, 0.2) is 0 Å². The summed E-state index contributed by atoms with van der Waals surface area (Å²) in [6.45, 7) is 2.24. The van der Waals surface area contributed by atoms with Crippen LogP contribution < -0.4 is 5.32 Å². The van der Waals surface area contributed by atoms with Crippen LogP contribution in [0.3, 0.4) is 0 Å². The molecule has 0 aliphatic rings. The highest BCUT2D eigenvalue weighted by Crippen LogP contribution is 2.10. The monoisotopic (exact) mass is 425 g/mol. The van der Waals surface area contributed by atoms with E-state index in [1.54, 1.807) is 0 Å². The fourth-order valence-electron chi connectivity index (χ4n) is 3.34. The zero-order valence-corrected chi connectivity index (χ0v) is 18.9. The molecule has 1 amide bonds. The van der Waals surface area contributed by atoms with Crippen LogP contribution in [0.2, 0.25) is 0 Å². The lowest BCUT2D eigenvalue weighted by Gasteiger charge is -2.14. The van der Waals surface area contributed by atoms with E-state index in [4.69, 9.17) is 10.2 Å². The van der Waals surface area contributed by atoms with Gasteiger partial charge < -0.3 is 15.5 Å². The van der Waals surface area contributed by atoms with Gasteiger partial charge in [0.2, 0.25) is 5.91 Å². The predicted molar refractivity (Wildman–Crippen MR) is 121 cm³/mol. The van der Waals surface area contributed by atoms with Crippen molar-refractivity contribution in [3.8, 4) is 0 Å². The van der Waals surface area contributed by atoms with Crippen LogP contribution >= 0.6 is 0 Å². The molecule has 1 atom stereocenters. The molecule has 0 radical (unpaired) electrons. The normalized spacial score (nSPS) is 12.2. The van der Waals surface area contributed by atoms with Gasteiger partial charge in [0.25, 0.3) is 0 Å². The molecular formula is C24H43NO5. The fourth-order valence-corrected chi connectivity index (χ4v) is 3.34. The van der Waals surface area contributed by atoms with Crippen molar-refractivity contribution in [1.29, 1.82) is 0 Å². The summed E-state index contributed by atoms with van der Waals surface area (Å²) < 4.78 is 0. The van der Waals surface area contributed by atoms with E-state index in [0.29, 0.717) is 6.42 Å². The molecule has 0 saturated carbocycles. The molecular weight excluding hydrogens is 382 g/mol. The summed E-state index contributed by atoms with van der Waals surface area (Å²) in [5, 5.41) is 20.2. The molecule has 0 fully saturated rings. The Morgan fingerprint density at radius 3 is 1.80 bits per heavy atom. The summed E-state index contributed by atoms with van der Waals surface area (Å²) in [5.41, 5.74) is 0. The minimum absolute atomic E-state index is 0.0894. The second kappa shape index (κ2) is 20.4. The SMILES string of the molecule is CCCCCCCCC=CCCCCCCCC(=O)NC(CCCC(=O)O)C(=O)O. The molecule has 3 N–H and O–H groups in total. The molecule has 1 unspecified atom stereocenters. The number of nitrogens with one attached hydrogen (secondary N) is 1. The van der Waals surface area contributed by atoms with Crippen LogP contribution in [0.15, 0.2) is 12.2 Å². The van der Waals surface area contributed by atoms with Crippen molar-refractivity contribution in [2.75, 3.05) is 0 Å². The van der Waals surface area contributed by atoms with Crippen molar-refractivity contribution in [3.05, 3.63) is 12.2 Å². The summed E-state index contributed by atoms with van der Waals surface area (Å²) in [7, 11) is 0. The Morgan fingerprint density at radius 1 is 0.733 bits per heavy atom. The van der Waals surface area contributed by atoms with Crippen molar-refractivity contribution in [2.45, 2.75) is 122 Å². The Hall–Kier alpha value is -1.85. The molecule has 6 nitrogen and oxygen atoms in total. The Bertz CT molecular complexity index is 490. The number of unbranched alkanes of at least 4 members (excludes halogenated alkanes) is 11. The molecule has 0 heterocycles. The van der Waals surface area contributed by atoms with Gasteiger partial charge in [0.1, 0.15) is 6.04 Å². The topological polar surface area (TPSA) is 104 Å². The molecule has 6 heteroatoms. The minimum Gasteiger partial charge on any atom is -0.481 e. The summed E-state index contributed by atoms with van der Waals surface area (Å²) in [6, 6.07) is -1.00. The van der Waals surface area contributed by atoms with E-state index < -0.39 is 18.0 Å². The zero-order valence-electron chi connectivity index (χ0n) is 18.9. The third-order valence-electron chi connectivity index (χ3n) is 5.18. The van der Waals surface area contributed by atoms with Crippen molar-refractivity contribution < 1.29 is 24.6 Å². The molecule has 0 saturated heterocycles. The Kier molecular flexibility index (Phi) is 19.2. The second-order valence-corrected chi connectivity index (χ2v) is 8.08. The first kappa shape index (κ1) is 28.1. The average molecular weight is 426 g/mol. The van der Waals surface area contributed by atoms with Gasteiger partial charge in [0, 0.05) is 12.8 Å². The largest absolute Gasteiger partial charge is 0.481 e. The van der Waals surface area contributed by atoms with Gasteiger partial charge in [-0.15, -0.1) is 0 Å². The van der Waals surface area contributed by atoms with E-state index in [0.717, 1.165) is 32.1 Å². The standard InChI is InChI=1S/C24H43NO5/c1-2-3-4-5-6-7-8-9-10-11-12-13-14-15-16-19-22(26)25-21(24(29)30)18-17-20-23(27)28/h9-10,21H,2-8,11-20H2,1H3,(H,25,26)(H,27,28)(H,29,30). The maximum absolute atomic E-state index is 11.9. The number of amides is 1. The van der Waals surface area contributed by atoms with E-state index in [1.165, 1.54) is 51.4 Å². The number of carbonyl (C=O) groups is 3. The van der Waals surface area contributed by atoms with Crippen LogP contribution in [-0.4, -0.2) is 34.1 Å². The van der Waals surface area contributed by atoms with E-state index in [9.17, 15) is 14.4 Å². The quantitative estimate of drug-likeness (QED) is 0.158. The van der Waals surface area contributed by atoms with Crippen molar-refractivity contribution in [2.24, 2.45) is 0 Å². The molecule has 174 valence electrons. The maximum Gasteiger partial charge on any atom is 0.326 e. The fraction of sp³-hybridized carbons (Fsp3) is 0.792. The van der Waals surface area contributed by atoms with Gasteiger partial charge in [-0.1, -0.05) is 70.4 Å². The molecule has 0 bridgehead atoms. The van der Waals surface area contributed by atoms with Gasteiger partial charge >= 0.3 is 11.9 Å². The smallest absolute Gasteiger partial charge is 0.326 e. The van der Waals surface area contributed by atoms with Gasteiger partial charge in [-0.3, -0.25) is 9.59 Å². The van der Waals surface area contributed by atoms with Crippen molar-refractivity contribution >= 4 is 17.8 Å². The average Bonchev–Trinajstić information content (AvgIpc) is 2.69. The molecule has 0 aromatic heterocycles. The number of hydrogen-bond donors (Lipinski definition) is 3. The number of allylic oxidation sites excluding steroid dienone is 2. The first-order valence-corrected chi connectivity index (χ1v) is 11.9. The first-order valence-electron chi connectivity index (χ1n) is 11.9. The van der Waals surface area contributed by atoms with Crippen LogP contribution in [-0.2, 0) is 14.4 Å². The second-order valence-electron chi connectivity index (χ2n) is 8.08. The van der Waals surface area contributed by atoms with E-state index in [-0.39, 0.29) is 25.2 Å². The van der Waals surface area contributed by atoms with E-state index in [1.807, 2.05) is 0 Å². The number of carbonyl (C=O) groups excluding carboxylic acids is 1. The number of carboxylic acid groups (broad SMARTS) is 2. The van der Waals surface area contributed by atoms with Crippen molar-refractivity contribution in [3.63, 3.8) is 0 Å². The van der Waals surface area contributed by atoms with Gasteiger partial charge in [-0.25, -0.2) is 4.79 Å². The lowest BCUT2D eigenvalue weighted by atomic mass is 10.1. The minimum atomic E-state index is -1.11. The molecule has 0 aromatic carbocycles. The first-order chi connectivity index (χ1) is 14.5. The highest BCUT2D eigenvalue weighted by molar-refractivity contribution is 5.83. The van der Waals surface area contributed by atoms with Gasteiger partial charge in [-0.2, -0.15) is 0 Å². The van der Waals surface area contributed by atoms with Crippen LogP contribution in [0.1, 0.15) is 116 Å². The zero-order chi connectivity index (χ0) is 22.5. The van der Waals surface area contributed by atoms with Crippen LogP contribution in [0.4, 0.5) is 0 Å². The van der Waals surface area contributed by atoms with E-state index >= 15 is 0 Å². The van der Waals surface area contributed by atoms with Crippen LogP contribution in [0, 0.1) is 0 Å². The number of hydrogen-bond acceptors (Lipinski definition) is 3. The lowest BCUT2D eigenvalue weighted by Crippen LogP contribution is -2.40. The predicted octanol–water partition coefficient (Wildman–Crippen LogP) is 5.85. The molecule has 0 aromatic rings. The Balaban J connectivity index is 3.57. The van der Waals surface area contributed by atoms with Gasteiger partial charge in [0.05, 0.1) is 0 Å². The highest BCUT2D eigenvalue weighted by atomic mass is 16.4. The van der Waals surface area contributed by atoms with Gasteiger partial charge in [-0.05, 0) is 44.9 Å². The van der Waals surface area contributed by atoms with Crippen molar-refractivity contribution in [1.82, 2.24) is 5.32 Å².